The fraction of sp³-hybridized carbons (Fsp3) is 0.0714. The van der Waals surface area contributed by atoms with Crippen LogP contribution >= 0.6 is 0 Å². The fourth-order valence-electron chi connectivity index (χ4n) is 1.68. The highest BCUT2D eigenvalue weighted by atomic mass is 32.2. The first-order valence-electron chi connectivity index (χ1n) is 6.49. The average molecular weight is 334 g/mol. The molecule has 0 unspecified atom stereocenters. The monoisotopic (exact) mass is 334 g/mol. The Bertz CT molecular complexity index is 804. The number of carbonyl (C=O) groups is 2. The van der Waals surface area contributed by atoms with E-state index in [0.29, 0.717) is 11.5 Å². The van der Waals surface area contributed by atoms with E-state index in [1.165, 1.54) is 30.5 Å². The van der Waals surface area contributed by atoms with E-state index < -0.39 is 22.0 Å². The number of nitrogens with one attached hydrogen (secondary N) is 3. The van der Waals surface area contributed by atoms with Crippen LogP contribution in [-0.2, 0) is 14.8 Å². The molecule has 0 aliphatic carbocycles. The van der Waals surface area contributed by atoms with Crippen LogP contribution in [0.25, 0.3) is 0 Å². The number of pyridine rings is 1. The van der Waals surface area contributed by atoms with E-state index in [1.807, 2.05) is 4.72 Å². The molecule has 1 heterocycles. The molecule has 0 atom stereocenters. The summed E-state index contributed by atoms with van der Waals surface area (Å²) in [6.07, 6.45) is 1.54. The first kappa shape index (κ1) is 16.4. The molecule has 0 radical (unpaired) electrons. The van der Waals surface area contributed by atoms with Crippen molar-refractivity contribution in [1.29, 1.82) is 0 Å². The largest absolute Gasteiger partial charge is 0.324 e. The van der Waals surface area contributed by atoms with Gasteiger partial charge in [-0.25, -0.2) is 22.9 Å². The van der Waals surface area contributed by atoms with Crippen molar-refractivity contribution in [1.82, 2.24) is 9.71 Å². The van der Waals surface area contributed by atoms with Crippen LogP contribution in [0, 0.1) is 0 Å². The second-order valence-corrected chi connectivity index (χ2v) is 6.16. The number of carbonyl (C=O) groups excluding carboxylic acids is 2. The lowest BCUT2D eigenvalue weighted by atomic mass is 10.3. The van der Waals surface area contributed by atoms with E-state index in [9.17, 15) is 18.0 Å². The number of nitrogens with zero attached hydrogens (tertiary/aromatic N) is 1. The number of sulfonamides is 1. The highest BCUT2D eigenvalue weighted by Crippen LogP contribution is 2.14. The molecular weight excluding hydrogens is 320 g/mol. The van der Waals surface area contributed by atoms with Gasteiger partial charge in [0, 0.05) is 18.8 Å². The Balaban J connectivity index is 2.03. The smallest absolute Gasteiger partial charge is 0.308 e. The maximum atomic E-state index is 11.8. The van der Waals surface area contributed by atoms with Crippen LogP contribution in [0.4, 0.5) is 16.3 Å². The van der Waals surface area contributed by atoms with E-state index in [4.69, 9.17) is 0 Å². The van der Waals surface area contributed by atoms with Crippen molar-refractivity contribution in [3.63, 3.8) is 0 Å². The minimum Gasteiger partial charge on any atom is -0.308 e. The zero-order valence-electron chi connectivity index (χ0n) is 12.1. The summed E-state index contributed by atoms with van der Waals surface area (Å²) in [5, 5.41) is 5.06. The van der Waals surface area contributed by atoms with Gasteiger partial charge in [0.05, 0.1) is 4.90 Å². The number of benzene rings is 1. The van der Waals surface area contributed by atoms with Gasteiger partial charge in [-0.2, -0.15) is 0 Å². The van der Waals surface area contributed by atoms with Gasteiger partial charge >= 0.3 is 6.03 Å². The second kappa shape index (κ2) is 6.88. The lowest BCUT2D eigenvalue weighted by Crippen LogP contribution is -2.28. The molecule has 8 nitrogen and oxygen atoms in total. The zero-order valence-corrected chi connectivity index (χ0v) is 12.9. The van der Waals surface area contributed by atoms with E-state index in [-0.39, 0.29) is 4.90 Å². The summed E-state index contributed by atoms with van der Waals surface area (Å²) in [5.41, 5.74) is 0.389. The van der Waals surface area contributed by atoms with Crippen molar-refractivity contribution in [3.8, 4) is 0 Å². The maximum Gasteiger partial charge on any atom is 0.324 e. The molecule has 0 saturated heterocycles. The molecule has 120 valence electrons. The average Bonchev–Trinajstić information content (AvgIpc) is 2.47. The van der Waals surface area contributed by atoms with Crippen LogP contribution in [0.3, 0.4) is 0 Å². The third kappa shape index (κ3) is 4.78. The summed E-state index contributed by atoms with van der Waals surface area (Å²) < 4.78 is 25.4. The zero-order chi connectivity index (χ0) is 16.9. The van der Waals surface area contributed by atoms with Crippen LogP contribution in [-0.4, -0.2) is 25.3 Å². The van der Waals surface area contributed by atoms with Crippen molar-refractivity contribution < 1.29 is 18.0 Å². The van der Waals surface area contributed by atoms with Crippen LogP contribution < -0.4 is 15.4 Å². The van der Waals surface area contributed by atoms with Crippen LogP contribution in [0.15, 0.2) is 53.6 Å². The third-order valence-electron chi connectivity index (χ3n) is 2.61. The lowest BCUT2D eigenvalue weighted by molar-refractivity contribution is -0.117. The second-order valence-electron chi connectivity index (χ2n) is 4.48. The molecule has 2 rings (SSSR count). The Morgan fingerprint density at radius 3 is 2.26 bits per heavy atom. The topological polar surface area (TPSA) is 117 Å². The van der Waals surface area contributed by atoms with Crippen molar-refractivity contribution in [2.75, 3.05) is 10.6 Å². The predicted octanol–water partition coefficient (Wildman–Crippen LogP) is 1.55. The molecule has 23 heavy (non-hydrogen) atoms. The molecule has 2 aromatic rings. The first-order valence-corrected chi connectivity index (χ1v) is 7.97. The van der Waals surface area contributed by atoms with E-state index in [0.717, 1.165) is 6.92 Å². The van der Waals surface area contributed by atoms with Gasteiger partial charge in [0.25, 0.3) is 10.0 Å². The number of aromatic nitrogens is 1. The highest BCUT2D eigenvalue weighted by molar-refractivity contribution is 7.90. The molecule has 3 N–H and O–H groups in total. The van der Waals surface area contributed by atoms with Gasteiger partial charge in [0.15, 0.2) is 0 Å². The summed E-state index contributed by atoms with van der Waals surface area (Å²) in [6.45, 7) is 1.11. The van der Waals surface area contributed by atoms with Crippen LogP contribution in [0.5, 0.6) is 0 Å². The highest BCUT2D eigenvalue weighted by Gasteiger charge is 2.15. The quantitative estimate of drug-likeness (QED) is 0.784. The molecule has 0 aliphatic rings. The number of hydrogen-bond donors (Lipinski definition) is 3. The van der Waals surface area contributed by atoms with Crippen LogP contribution in [0.1, 0.15) is 6.92 Å². The summed E-state index contributed by atoms with van der Waals surface area (Å²) in [4.78, 5) is 26.5. The number of urea groups is 1. The Labute approximate surface area is 133 Å². The first-order chi connectivity index (χ1) is 10.9. The molecule has 9 heteroatoms. The molecule has 0 saturated carbocycles. The Morgan fingerprint density at radius 2 is 1.70 bits per heavy atom. The third-order valence-corrected chi connectivity index (χ3v) is 4.06. The van der Waals surface area contributed by atoms with Gasteiger partial charge in [-0.05, 0) is 36.4 Å². The summed E-state index contributed by atoms with van der Waals surface area (Å²) in [7, 11) is -3.89. The normalized spacial score (nSPS) is 10.7. The molecule has 0 spiro atoms. The Morgan fingerprint density at radius 1 is 1.00 bits per heavy atom. The van der Waals surface area contributed by atoms with E-state index in [2.05, 4.69) is 15.6 Å². The lowest BCUT2D eigenvalue weighted by Gasteiger charge is -2.08. The molecule has 0 bridgehead atoms. The van der Waals surface area contributed by atoms with Gasteiger partial charge in [-0.1, -0.05) is 6.07 Å². The molecule has 0 fully saturated rings. The minimum absolute atomic E-state index is 0.0802. The summed E-state index contributed by atoms with van der Waals surface area (Å²) >= 11 is 0. The van der Waals surface area contributed by atoms with Gasteiger partial charge in [0.1, 0.15) is 5.82 Å². The fourth-order valence-corrected chi connectivity index (χ4v) is 2.67. The maximum absolute atomic E-state index is 11.8. The number of anilines is 2. The van der Waals surface area contributed by atoms with Gasteiger partial charge in [0.2, 0.25) is 5.91 Å². The predicted molar refractivity (Wildman–Crippen MR) is 84.3 cm³/mol. The van der Waals surface area contributed by atoms with Crippen molar-refractivity contribution in [3.05, 3.63) is 48.7 Å². The van der Waals surface area contributed by atoms with Crippen molar-refractivity contribution in [2.45, 2.75) is 11.8 Å². The molecule has 1 aromatic heterocycles. The summed E-state index contributed by atoms with van der Waals surface area (Å²) in [5.74, 6) is -0.295. The standard InChI is InChI=1S/C14H14N4O4S/c1-10(19)18-23(21,22)12-7-5-11(6-8-12)16-14(20)17-13-4-2-3-9-15-13/h2-9H,1H3,(H,18,19)(H2,15,16,17,20). The summed E-state index contributed by atoms with van der Waals surface area (Å²) in [6, 6.07) is 9.94. The molecule has 0 aliphatic heterocycles. The number of rotatable bonds is 4. The van der Waals surface area contributed by atoms with E-state index in [1.54, 1.807) is 18.2 Å². The van der Waals surface area contributed by atoms with E-state index >= 15 is 0 Å². The SMILES string of the molecule is CC(=O)NS(=O)(=O)c1ccc(NC(=O)Nc2ccccn2)cc1. The number of hydrogen-bond acceptors (Lipinski definition) is 5. The van der Waals surface area contributed by atoms with Crippen molar-refractivity contribution >= 4 is 33.5 Å². The number of amides is 3. The minimum atomic E-state index is -3.89. The Kier molecular flexibility index (Phi) is 4.91. The van der Waals surface area contributed by atoms with Gasteiger partial charge < -0.3 is 5.32 Å². The van der Waals surface area contributed by atoms with Crippen LogP contribution in [0.2, 0.25) is 0 Å². The molecular formula is C14H14N4O4S. The molecule has 3 amide bonds. The Hall–Kier alpha value is -2.94. The van der Waals surface area contributed by atoms with Gasteiger partial charge in [-0.15, -0.1) is 0 Å². The van der Waals surface area contributed by atoms with Crippen molar-refractivity contribution in [2.24, 2.45) is 0 Å². The van der Waals surface area contributed by atoms with Gasteiger partial charge in [-0.3, -0.25) is 10.1 Å². The molecule has 1 aromatic carbocycles.